The summed E-state index contributed by atoms with van der Waals surface area (Å²) in [6.07, 6.45) is 3.75. The van der Waals surface area contributed by atoms with Gasteiger partial charge in [0.05, 0.1) is 30.1 Å². The van der Waals surface area contributed by atoms with Gasteiger partial charge in [-0.05, 0) is 37.1 Å². The van der Waals surface area contributed by atoms with Gasteiger partial charge in [0.15, 0.2) is 0 Å². The number of carbonyl (C=O) groups is 1. The lowest BCUT2D eigenvalue weighted by Crippen LogP contribution is -2.45. The van der Waals surface area contributed by atoms with Gasteiger partial charge in [-0.25, -0.2) is 0 Å². The number of benzene rings is 2. The van der Waals surface area contributed by atoms with Crippen LogP contribution in [0.25, 0.3) is 17.1 Å². The fraction of sp³-hybridized carbons (Fsp3) is 0.227. The minimum atomic E-state index is -0.349. The second-order valence-corrected chi connectivity index (χ2v) is 8.31. The monoisotopic (exact) mass is 484 g/mol. The highest BCUT2D eigenvalue weighted by Gasteiger charge is 2.39. The minimum absolute atomic E-state index is 0.243. The second kappa shape index (κ2) is 8.49. The Hall–Kier alpha value is -3.43. The summed E-state index contributed by atoms with van der Waals surface area (Å²) in [5.41, 5.74) is 2.44. The number of methoxy groups -OCH3 is 1. The summed E-state index contributed by atoms with van der Waals surface area (Å²) >= 11 is 12.5. The number of amides is 1. The van der Waals surface area contributed by atoms with Crippen molar-refractivity contribution in [1.82, 2.24) is 30.0 Å². The molecule has 0 bridgehead atoms. The van der Waals surface area contributed by atoms with E-state index < -0.39 is 0 Å². The molecule has 2 aromatic heterocycles. The number of hydrogen-bond donors (Lipinski definition) is 0. The van der Waals surface area contributed by atoms with Gasteiger partial charge in [0.2, 0.25) is 11.7 Å². The maximum absolute atomic E-state index is 13.5. The maximum Gasteiger partial charge on any atom is 0.256 e. The van der Waals surface area contributed by atoms with Crippen molar-refractivity contribution < 1.29 is 14.1 Å². The molecule has 1 saturated heterocycles. The zero-order valence-electron chi connectivity index (χ0n) is 17.7. The minimum Gasteiger partial charge on any atom is -0.495 e. The lowest BCUT2D eigenvalue weighted by Gasteiger charge is -2.38. The first kappa shape index (κ1) is 21.4. The van der Waals surface area contributed by atoms with E-state index in [1.165, 1.54) is 24.3 Å². The Labute approximate surface area is 198 Å². The smallest absolute Gasteiger partial charge is 0.256 e. The highest BCUT2D eigenvalue weighted by atomic mass is 35.5. The van der Waals surface area contributed by atoms with E-state index in [2.05, 4.69) is 20.3 Å². The Morgan fingerprint density at radius 1 is 1.18 bits per heavy atom. The number of carbonyl (C=O) groups excluding carboxylic acids is 1. The lowest BCUT2D eigenvalue weighted by atomic mass is 10.00. The number of rotatable bonds is 5. The summed E-state index contributed by atoms with van der Waals surface area (Å²) in [5, 5.41) is 13.4. The van der Waals surface area contributed by atoms with Crippen molar-refractivity contribution in [2.45, 2.75) is 19.4 Å². The first-order valence-corrected chi connectivity index (χ1v) is 10.9. The van der Waals surface area contributed by atoms with Crippen molar-refractivity contribution in [2.75, 3.05) is 13.7 Å². The molecule has 1 aliphatic heterocycles. The van der Waals surface area contributed by atoms with Crippen LogP contribution in [-0.4, -0.2) is 49.6 Å². The van der Waals surface area contributed by atoms with E-state index in [1.807, 2.05) is 19.1 Å². The molecular weight excluding hydrogens is 467 g/mol. The van der Waals surface area contributed by atoms with Gasteiger partial charge in [0.25, 0.3) is 5.91 Å². The molecule has 0 spiro atoms. The quantitative estimate of drug-likeness (QED) is 0.410. The van der Waals surface area contributed by atoms with Crippen LogP contribution < -0.4 is 4.74 Å². The summed E-state index contributed by atoms with van der Waals surface area (Å²) in [7, 11) is 1.49. The molecule has 3 heterocycles. The summed E-state index contributed by atoms with van der Waals surface area (Å²) in [6.45, 7) is 2.43. The molecule has 0 aliphatic carbocycles. The molecule has 4 aromatic rings. The van der Waals surface area contributed by atoms with Crippen LogP contribution in [-0.2, 0) is 0 Å². The van der Waals surface area contributed by atoms with Crippen LogP contribution in [0.1, 0.15) is 34.3 Å². The molecule has 0 radical (unpaired) electrons. The zero-order chi connectivity index (χ0) is 23.1. The van der Waals surface area contributed by atoms with Crippen LogP contribution in [0, 0.1) is 6.92 Å². The van der Waals surface area contributed by atoms with Gasteiger partial charge in [-0.1, -0.05) is 40.5 Å². The van der Waals surface area contributed by atoms with Gasteiger partial charge < -0.3 is 14.2 Å². The van der Waals surface area contributed by atoms with E-state index in [4.69, 9.17) is 32.5 Å². The van der Waals surface area contributed by atoms with Crippen molar-refractivity contribution in [3.05, 3.63) is 69.8 Å². The lowest BCUT2D eigenvalue weighted by molar-refractivity contribution is 0.0378. The molecule has 1 unspecified atom stereocenters. The van der Waals surface area contributed by atoms with Crippen LogP contribution in [0.4, 0.5) is 0 Å². The standard InChI is InChI=1S/C22H18Cl2N6O3/c1-12-13(4-3-5-15(12)23)20-27-21(33-28-20)17-6-9-29(17)22(31)14-10-19(32-2)16(24)11-18(14)30-25-7-8-26-30/h3-5,7-8,10-11,17H,6,9H2,1-2H3. The van der Waals surface area contributed by atoms with Gasteiger partial charge in [-0.3, -0.25) is 4.79 Å². The average Bonchev–Trinajstić information content (AvgIpc) is 3.47. The predicted octanol–water partition coefficient (Wildman–Crippen LogP) is 4.53. The topological polar surface area (TPSA) is 99.2 Å². The van der Waals surface area contributed by atoms with Gasteiger partial charge in [0, 0.05) is 17.1 Å². The number of likely N-dealkylation sites (tertiary alicyclic amines) is 1. The number of nitrogens with zero attached hydrogens (tertiary/aromatic N) is 6. The summed E-state index contributed by atoms with van der Waals surface area (Å²) in [5.74, 6) is 0.930. The van der Waals surface area contributed by atoms with Crippen molar-refractivity contribution in [2.24, 2.45) is 0 Å². The highest BCUT2D eigenvalue weighted by molar-refractivity contribution is 6.32. The average molecular weight is 485 g/mol. The normalized spacial score (nSPS) is 15.4. The third-order valence-electron chi connectivity index (χ3n) is 5.65. The third-order valence-corrected chi connectivity index (χ3v) is 6.36. The van der Waals surface area contributed by atoms with E-state index in [9.17, 15) is 4.79 Å². The Morgan fingerprint density at radius 3 is 2.67 bits per heavy atom. The summed E-state index contributed by atoms with van der Waals surface area (Å²) < 4.78 is 10.8. The Kier molecular flexibility index (Phi) is 5.51. The van der Waals surface area contributed by atoms with Gasteiger partial charge in [-0.2, -0.15) is 20.0 Å². The summed E-state index contributed by atoms with van der Waals surface area (Å²) in [4.78, 5) is 21.1. The predicted molar refractivity (Wildman–Crippen MR) is 121 cm³/mol. The maximum atomic E-state index is 13.5. The Morgan fingerprint density at radius 2 is 1.97 bits per heavy atom. The van der Waals surface area contributed by atoms with E-state index in [0.29, 0.717) is 51.7 Å². The molecule has 9 nitrogen and oxygen atoms in total. The molecule has 1 amide bonds. The van der Waals surface area contributed by atoms with Gasteiger partial charge in [0.1, 0.15) is 17.5 Å². The number of aromatic nitrogens is 5. The largest absolute Gasteiger partial charge is 0.495 e. The van der Waals surface area contributed by atoms with Crippen LogP contribution in [0.2, 0.25) is 10.0 Å². The Bertz CT molecular complexity index is 1340. The van der Waals surface area contributed by atoms with Crippen molar-refractivity contribution in [1.29, 1.82) is 0 Å². The fourth-order valence-electron chi connectivity index (χ4n) is 3.75. The molecule has 1 fully saturated rings. The molecular formula is C22H18Cl2N6O3. The molecule has 5 rings (SSSR count). The molecule has 0 N–H and O–H groups in total. The second-order valence-electron chi connectivity index (χ2n) is 7.49. The van der Waals surface area contributed by atoms with Gasteiger partial charge >= 0.3 is 0 Å². The first-order chi connectivity index (χ1) is 16.0. The Balaban J connectivity index is 1.47. The van der Waals surface area contributed by atoms with Crippen LogP contribution in [0.3, 0.4) is 0 Å². The van der Waals surface area contributed by atoms with Crippen molar-refractivity contribution in [3.8, 4) is 22.8 Å². The molecule has 168 valence electrons. The number of hydrogen-bond acceptors (Lipinski definition) is 7. The van der Waals surface area contributed by atoms with Crippen LogP contribution >= 0.6 is 23.2 Å². The number of halogens is 2. The third kappa shape index (κ3) is 3.73. The van der Waals surface area contributed by atoms with E-state index >= 15 is 0 Å². The molecule has 2 aromatic carbocycles. The highest BCUT2D eigenvalue weighted by Crippen LogP contribution is 2.38. The molecule has 33 heavy (non-hydrogen) atoms. The van der Waals surface area contributed by atoms with Crippen LogP contribution in [0.5, 0.6) is 5.75 Å². The first-order valence-electron chi connectivity index (χ1n) is 10.1. The summed E-state index contributed by atoms with van der Waals surface area (Å²) in [6, 6.07) is 8.36. The number of ether oxygens (including phenoxy) is 1. The van der Waals surface area contributed by atoms with Crippen LogP contribution in [0.15, 0.2) is 47.2 Å². The fourth-order valence-corrected chi connectivity index (χ4v) is 4.16. The molecule has 11 heteroatoms. The van der Waals surface area contributed by atoms with Crippen molar-refractivity contribution >= 4 is 29.1 Å². The van der Waals surface area contributed by atoms with E-state index in [-0.39, 0.29) is 11.9 Å². The van der Waals surface area contributed by atoms with E-state index in [1.54, 1.807) is 23.1 Å². The zero-order valence-corrected chi connectivity index (χ0v) is 19.2. The molecule has 0 saturated carbocycles. The molecule has 1 aliphatic rings. The van der Waals surface area contributed by atoms with Crippen molar-refractivity contribution in [3.63, 3.8) is 0 Å². The SMILES string of the molecule is COc1cc(C(=O)N2CCC2c2nc(-c3cccc(Cl)c3C)no2)c(-n2nccn2)cc1Cl. The molecule has 1 atom stereocenters. The van der Waals surface area contributed by atoms with Gasteiger partial charge in [-0.15, -0.1) is 0 Å². The van der Waals surface area contributed by atoms with E-state index in [0.717, 1.165) is 11.1 Å².